The number of anilines is 1. The van der Waals surface area contributed by atoms with Gasteiger partial charge in [-0.2, -0.15) is 0 Å². The molecule has 0 spiro atoms. The lowest BCUT2D eigenvalue weighted by Crippen LogP contribution is -2.37. The SMILES string of the molecule is CO[C@H]1C[C@@H](C(=O)Nc2c(C)noc2-c2ccccc2)N(C)C1. The molecule has 1 aromatic heterocycles. The van der Waals surface area contributed by atoms with Crippen LogP contribution in [0.25, 0.3) is 11.3 Å². The zero-order chi connectivity index (χ0) is 16.4. The zero-order valence-electron chi connectivity index (χ0n) is 13.6. The third kappa shape index (κ3) is 3.13. The van der Waals surface area contributed by atoms with Gasteiger partial charge in [-0.1, -0.05) is 35.5 Å². The van der Waals surface area contributed by atoms with Crippen molar-refractivity contribution >= 4 is 11.6 Å². The average molecular weight is 315 g/mol. The Kier molecular flexibility index (Phi) is 4.45. The van der Waals surface area contributed by atoms with Crippen molar-refractivity contribution in [2.75, 3.05) is 26.0 Å². The number of aryl methyl sites for hydroxylation is 1. The van der Waals surface area contributed by atoms with Crippen LogP contribution in [-0.4, -0.2) is 48.8 Å². The van der Waals surface area contributed by atoms with Crippen LogP contribution >= 0.6 is 0 Å². The highest BCUT2D eigenvalue weighted by Crippen LogP contribution is 2.31. The van der Waals surface area contributed by atoms with Crippen molar-refractivity contribution in [1.29, 1.82) is 0 Å². The number of carbonyl (C=O) groups excluding carboxylic acids is 1. The van der Waals surface area contributed by atoms with Crippen LogP contribution in [0.15, 0.2) is 34.9 Å². The molecule has 3 rings (SSSR count). The molecule has 1 aliphatic rings. The van der Waals surface area contributed by atoms with Crippen LogP contribution in [0.3, 0.4) is 0 Å². The first-order chi connectivity index (χ1) is 11.1. The highest BCUT2D eigenvalue weighted by atomic mass is 16.5. The summed E-state index contributed by atoms with van der Waals surface area (Å²) in [6.07, 6.45) is 0.775. The van der Waals surface area contributed by atoms with E-state index < -0.39 is 0 Å². The Morgan fingerprint density at radius 1 is 1.39 bits per heavy atom. The van der Waals surface area contributed by atoms with E-state index in [4.69, 9.17) is 9.26 Å². The summed E-state index contributed by atoms with van der Waals surface area (Å²) in [6.45, 7) is 2.57. The minimum Gasteiger partial charge on any atom is -0.380 e. The second-order valence-electron chi connectivity index (χ2n) is 5.88. The first kappa shape index (κ1) is 15.7. The van der Waals surface area contributed by atoms with Gasteiger partial charge in [0, 0.05) is 19.2 Å². The van der Waals surface area contributed by atoms with Crippen LogP contribution in [0, 0.1) is 6.92 Å². The molecule has 1 N–H and O–H groups in total. The first-order valence-corrected chi connectivity index (χ1v) is 7.65. The molecule has 0 aliphatic carbocycles. The van der Waals surface area contributed by atoms with Gasteiger partial charge >= 0.3 is 0 Å². The smallest absolute Gasteiger partial charge is 0.241 e. The maximum atomic E-state index is 12.6. The molecule has 1 amide bonds. The summed E-state index contributed by atoms with van der Waals surface area (Å²) >= 11 is 0. The quantitative estimate of drug-likeness (QED) is 0.938. The standard InChI is InChI=1S/C17H21N3O3/c1-11-15(16(23-19-11)12-7-5-4-6-8-12)18-17(21)14-9-13(22-3)10-20(14)2/h4-8,13-14H,9-10H2,1-3H3,(H,18,21)/t13-,14-/m0/s1. The highest BCUT2D eigenvalue weighted by molar-refractivity contribution is 5.98. The summed E-state index contributed by atoms with van der Waals surface area (Å²) < 4.78 is 10.8. The molecule has 122 valence electrons. The number of benzene rings is 1. The Labute approximate surface area is 135 Å². The number of nitrogens with one attached hydrogen (secondary N) is 1. The summed E-state index contributed by atoms with van der Waals surface area (Å²) in [4.78, 5) is 14.7. The van der Waals surface area contributed by atoms with Gasteiger partial charge in [-0.25, -0.2) is 0 Å². The van der Waals surface area contributed by atoms with Gasteiger partial charge in [0.2, 0.25) is 5.91 Å². The number of methoxy groups -OCH3 is 1. The van der Waals surface area contributed by atoms with Crippen molar-refractivity contribution in [3.8, 4) is 11.3 Å². The number of hydrogen-bond acceptors (Lipinski definition) is 5. The number of ether oxygens (including phenoxy) is 1. The molecule has 1 fully saturated rings. The molecule has 1 saturated heterocycles. The molecule has 1 aliphatic heterocycles. The molecule has 2 heterocycles. The molecule has 0 saturated carbocycles. The molecule has 6 nitrogen and oxygen atoms in total. The van der Waals surface area contributed by atoms with Crippen LogP contribution in [0.2, 0.25) is 0 Å². The first-order valence-electron chi connectivity index (χ1n) is 7.65. The summed E-state index contributed by atoms with van der Waals surface area (Å²) in [6, 6.07) is 9.43. The van der Waals surface area contributed by atoms with Crippen molar-refractivity contribution in [3.63, 3.8) is 0 Å². The lowest BCUT2D eigenvalue weighted by Gasteiger charge is -2.18. The van der Waals surface area contributed by atoms with E-state index in [9.17, 15) is 4.79 Å². The van der Waals surface area contributed by atoms with E-state index in [0.29, 0.717) is 23.6 Å². The number of hydrogen-bond donors (Lipinski definition) is 1. The molecule has 0 radical (unpaired) electrons. The fourth-order valence-corrected chi connectivity index (χ4v) is 2.94. The molecule has 23 heavy (non-hydrogen) atoms. The number of rotatable bonds is 4. The predicted molar refractivity (Wildman–Crippen MR) is 87.1 cm³/mol. The lowest BCUT2D eigenvalue weighted by molar-refractivity contribution is -0.120. The van der Waals surface area contributed by atoms with Crippen molar-refractivity contribution in [2.45, 2.75) is 25.5 Å². The van der Waals surface area contributed by atoms with Gasteiger partial charge in [-0.15, -0.1) is 0 Å². The summed E-state index contributed by atoms with van der Waals surface area (Å²) in [7, 11) is 3.61. The maximum Gasteiger partial charge on any atom is 0.241 e. The maximum absolute atomic E-state index is 12.6. The molecular formula is C17H21N3O3. The van der Waals surface area contributed by atoms with Crippen molar-refractivity contribution in [2.24, 2.45) is 0 Å². The van der Waals surface area contributed by atoms with Gasteiger partial charge in [0.15, 0.2) is 5.76 Å². The Morgan fingerprint density at radius 2 is 2.13 bits per heavy atom. The summed E-state index contributed by atoms with van der Waals surface area (Å²) in [5, 5.41) is 6.98. The zero-order valence-corrected chi connectivity index (χ0v) is 13.6. The number of carbonyl (C=O) groups is 1. The van der Waals surface area contributed by atoms with Gasteiger partial charge in [0.05, 0.1) is 12.1 Å². The molecule has 0 unspecified atom stereocenters. The topological polar surface area (TPSA) is 67.6 Å². The Morgan fingerprint density at radius 3 is 2.78 bits per heavy atom. The minimum absolute atomic E-state index is 0.0597. The van der Waals surface area contributed by atoms with Gasteiger partial charge in [-0.05, 0) is 20.4 Å². The van der Waals surface area contributed by atoms with Crippen LogP contribution in [0.5, 0.6) is 0 Å². The number of aromatic nitrogens is 1. The third-order valence-corrected chi connectivity index (χ3v) is 4.29. The average Bonchev–Trinajstić information content (AvgIpc) is 3.12. The van der Waals surface area contributed by atoms with Crippen LogP contribution in [0.1, 0.15) is 12.1 Å². The van der Waals surface area contributed by atoms with E-state index in [1.165, 1.54) is 0 Å². The molecule has 2 aromatic rings. The number of amides is 1. The van der Waals surface area contributed by atoms with E-state index in [0.717, 1.165) is 12.1 Å². The van der Waals surface area contributed by atoms with Crippen molar-refractivity contribution in [3.05, 3.63) is 36.0 Å². The van der Waals surface area contributed by atoms with Gasteiger partial charge in [0.25, 0.3) is 0 Å². The normalized spacial score (nSPS) is 21.5. The van der Waals surface area contributed by atoms with E-state index in [1.54, 1.807) is 7.11 Å². The molecule has 1 aromatic carbocycles. The lowest BCUT2D eigenvalue weighted by atomic mass is 10.1. The van der Waals surface area contributed by atoms with E-state index >= 15 is 0 Å². The van der Waals surface area contributed by atoms with Gasteiger partial charge in [-0.3, -0.25) is 9.69 Å². The molecule has 6 heteroatoms. The monoisotopic (exact) mass is 315 g/mol. The fourth-order valence-electron chi connectivity index (χ4n) is 2.94. The largest absolute Gasteiger partial charge is 0.380 e. The Bertz CT molecular complexity index is 684. The van der Waals surface area contributed by atoms with E-state index in [1.807, 2.05) is 49.2 Å². The van der Waals surface area contributed by atoms with E-state index in [-0.39, 0.29) is 18.1 Å². The van der Waals surface area contributed by atoms with Gasteiger partial charge < -0.3 is 14.6 Å². The second kappa shape index (κ2) is 6.52. The second-order valence-corrected chi connectivity index (χ2v) is 5.88. The highest BCUT2D eigenvalue weighted by Gasteiger charge is 2.35. The Balaban J connectivity index is 1.81. The van der Waals surface area contributed by atoms with Crippen LogP contribution in [0.4, 0.5) is 5.69 Å². The minimum atomic E-state index is -0.210. The molecule has 2 atom stereocenters. The van der Waals surface area contributed by atoms with Gasteiger partial charge in [0.1, 0.15) is 11.4 Å². The van der Waals surface area contributed by atoms with Crippen LogP contribution < -0.4 is 5.32 Å². The predicted octanol–water partition coefficient (Wildman–Crippen LogP) is 2.31. The van der Waals surface area contributed by atoms with Crippen LogP contribution in [-0.2, 0) is 9.53 Å². The van der Waals surface area contributed by atoms with E-state index in [2.05, 4.69) is 10.5 Å². The number of likely N-dealkylation sites (tertiary alicyclic amines) is 1. The molecular weight excluding hydrogens is 294 g/mol. The summed E-state index contributed by atoms with van der Waals surface area (Å²) in [5.74, 6) is 0.524. The van der Waals surface area contributed by atoms with Crippen molar-refractivity contribution in [1.82, 2.24) is 10.1 Å². The number of likely N-dealkylation sites (N-methyl/N-ethyl adjacent to an activating group) is 1. The fraction of sp³-hybridized carbons (Fsp3) is 0.412. The number of nitrogens with zero attached hydrogens (tertiary/aromatic N) is 2. The summed E-state index contributed by atoms with van der Waals surface area (Å²) in [5.41, 5.74) is 2.19. The molecule has 0 bridgehead atoms. The third-order valence-electron chi connectivity index (χ3n) is 4.29. The Hall–Kier alpha value is -2.18. The van der Waals surface area contributed by atoms with Crippen molar-refractivity contribution < 1.29 is 14.1 Å².